The molecule has 0 saturated carbocycles. The van der Waals surface area contributed by atoms with Crippen molar-refractivity contribution in [2.45, 2.75) is 26.3 Å². The minimum absolute atomic E-state index is 0.133. The molecule has 0 aliphatic rings. The van der Waals surface area contributed by atoms with Gasteiger partial charge in [0, 0.05) is 6.54 Å². The van der Waals surface area contributed by atoms with E-state index in [9.17, 15) is 9.18 Å². The quantitative estimate of drug-likeness (QED) is 0.857. The Kier molecular flexibility index (Phi) is 5.27. The summed E-state index contributed by atoms with van der Waals surface area (Å²) in [4.78, 5) is 16.3. The van der Waals surface area contributed by atoms with Crippen LogP contribution in [0.25, 0.3) is 0 Å². The highest BCUT2D eigenvalue weighted by Crippen LogP contribution is 2.18. The van der Waals surface area contributed by atoms with E-state index >= 15 is 0 Å². The average Bonchev–Trinajstić information content (AvgIpc) is 3.00. The molecule has 112 valence electrons. The molecule has 2 heterocycles. The van der Waals surface area contributed by atoms with Gasteiger partial charge >= 0.3 is 0 Å². The van der Waals surface area contributed by atoms with E-state index in [0.717, 1.165) is 18.2 Å². The topological polar surface area (TPSA) is 54.0 Å². The van der Waals surface area contributed by atoms with Crippen LogP contribution in [0.15, 0.2) is 29.1 Å². The summed E-state index contributed by atoms with van der Waals surface area (Å²) in [5.74, 6) is -0.446. The van der Waals surface area contributed by atoms with Crippen molar-refractivity contribution in [3.8, 4) is 0 Å². The molecule has 0 spiro atoms. The molecule has 0 aromatic carbocycles. The number of thiophene rings is 1. The smallest absolute Gasteiger partial charge is 0.255 e. The molecule has 1 unspecified atom stereocenters. The molecule has 0 aliphatic carbocycles. The Morgan fingerprint density at radius 2 is 2.33 bits per heavy atom. The van der Waals surface area contributed by atoms with E-state index in [4.69, 9.17) is 0 Å². The first kappa shape index (κ1) is 15.4. The highest BCUT2D eigenvalue weighted by atomic mass is 32.1. The Morgan fingerprint density at radius 3 is 3.00 bits per heavy atom. The molecule has 1 amide bonds. The van der Waals surface area contributed by atoms with E-state index in [1.165, 1.54) is 6.07 Å². The monoisotopic (exact) mass is 307 g/mol. The maximum atomic E-state index is 13.4. The van der Waals surface area contributed by atoms with Crippen LogP contribution in [0.1, 0.15) is 42.2 Å². The van der Waals surface area contributed by atoms with Crippen molar-refractivity contribution in [1.82, 2.24) is 10.3 Å². The van der Waals surface area contributed by atoms with Crippen molar-refractivity contribution in [3.63, 3.8) is 0 Å². The fourth-order valence-corrected chi connectivity index (χ4v) is 2.63. The van der Waals surface area contributed by atoms with E-state index in [-0.39, 0.29) is 17.5 Å². The Balaban J connectivity index is 2.15. The Bertz CT molecular complexity index is 601. The third kappa shape index (κ3) is 4.01. The predicted octanol–water partition coefficient (Wildman–Crippen LogP) is 3.60. The highest BCUT2D eigenvalue weighted by molar-refractivity contribution is 7.07. The van der Waals surface area contributed by atoms with Crippen LogP contribution < -0.4 is 10.6 Å². The van der Waals surface area contributed by atoms with Crippen molar-refractivity contribution < 1.29 is 9.18 Å². The normalized spacial score (nSPS) is 12.0. The molecule has 4 nitrogen and oxygen atoms in total. The number of hydrogen-bond acceptors (Lipinski definition) is 4. The maximum Gasteiger partial charge on any atom is 0.255 e. The second-order valence-electron chi connectivity index (χ2n) is 4.73. The zero-order valence-corrected chi connectivity index (χ0v) is 12.8. The number of rotatable bonds is 6. The van der Waals surface area contributed by atoms with E-state index < -0.39 is 5.82 Å². The third-order valence-electron chi connectivity index (χ3n) is 3.03. The van der Waals surface area contributed by atoms with Gasteiger partial charge in [-0.25, -0.2) is 9.37 Å². The van der Waals surface area contributed by atoms with E-state index in [1.807, 2.05) is 30.7 Å². The second-order valence-corrected chi connectivity index (χ2v) is 5.51. The molecule has 0 fully saturated rings. The Labute approximate surface area is 127 Å². The van der Waals surface area contributed by atoms with Crippen LogP contribution >= 0.6 is 11.3 Å². The summed E-state index contributed by atoms with van der Waals surface area (Å²) in [6.07, 6.45) is 2.00. The molecule has 0 aliphatic heterocycles. The van der Waals surface area contributed by atoms with Gasteiger partial charge in [-0.2, -0.15) is 11.3 Å². The van der Waals surface area contributed by atoms with Gasteiger partial charge in [0.05, 0.1) is 17.8 Å². The minimum atomic E-state index is -0.523. The van der Waals surface area contributed by atoms with Gasteiger partial charge in [0.15, 0.2) is 0 Å². The molecular formula is C15H18FN3OS. The zero-order chi connectivity index (χ0) is 15.2. The van der Waals surface area contributed by atoms with Crippen LogP contribution in [0.3, 0.4) is 0 Å². The molecule has 0 radical (unpaired) electrons. The largest absolute Gasteiger partial charge is 0.369 e. The number of anilines is 1. The first-order chi connectivity index (χ1) is 10.1. The Morgan fingerprint density at radius 1 is 1.52 bits per heavy atom. The second kappa shape index (κ2) is 7.17. The van der Waals surface area contributed by atoms with Crippen molar-refractivity contribution in [2.24, 2.45) is 0 Å². The number of nitrogens with one attached hydrogen (secondary N) is 2. The van der Waals surface area contributed by atoms with Gasteiger partial charge in [0.1, 0.15) is 11.6 Å². The summed E-state index contributed by atoms with van der Waals surface area (Å²) in [7, 11) is 0. The van der Waals surface area contributed by atoms with Crippen LogP contribution in [0, 0.1) is 5.82 Å². The van der Waals surface area contributed by atoms with Crippen LogP contribution in [0.2, 0.25) is 0 Å². The number of halogens is 1. The number of aromatic nitrogens is 1. The van der Waals surface area contributed by atoms with Gasteiger partial charge in [-0.1, -0.05) is 6.92 Å². The lowest BCUT2D eigenvalue weighted by Gasteiger charge is -2.15. The molecule has 21 heavy (non-hydrogen) atoms. The van der Waals surface area contributed by atoms with Crippen LogP contribution in [-0.2, 0) is 0 Å². The number of carbonyl (C=O) groups excluding carboxylic acids is 1. The number of carbonyl (C=O) groups is 1. The standard InChI is InChI=1S/C15H18FN3OS/c1-3-5-17-14-13(7-12(16)8-18-14)15(20)19-10(2)11-4-6-21-9-11/h4,6-10H,3,5H2,1-2H3,(H,17,18)(H,19,20). The molecule has 6 heteroatoms. The fourth-order valence-electron chi connectivity index (χ4n) is 1.88. The first-order valence-electron chi connectivity index (χ1n) is 6.84. The van der Waals surface area contributed by atoms with Crippen LogP contribution in [-0.4, -0.2) is 17.4 Å². The molecular weight excluding hydrogens is 289 g/mol. The summed E-state index contributed by atoms with van der Waals surface area (Å²) in [5.41, 5.74) is 1.26. The van der Waals surface area contributed by atoms with Crippen molar-refractivity contribution in [3.05, 3.63) is 46.0 Å². The van der Waals surface area contributed by atoms with Gasteiger partial charge in [-0.3, -0.25) is 4.79 Å². The number of hydrogen-bond donors (Lipinski definition) is 2. The highest BCUT2D eigenvalue weighted by Gasteiger charge is 2.17. The van der Waals surface area contributed by atoms with Crippen molar-refractivity contribution >= 4 is 23.1 Å². The summed E-state index contributed by atoms with van der Waals surface area (Å²) < 4.78 is 13.4. The molecule has 1 atom stereocenters. The van der Waals surface area contributed by atoms with E-state index in [0.29, 0.717) is 12.4 Å². The van der Waals surface area contributed by atoms with Crippen LogP contribution in [0.5, 0.6) is 0 Å². The third-order valence-corrected chi connectivity index (χ3v) is 3.73. The van der Waals surface area contributed by atoms with Gasteiger partial charge in [-0.05, 0) is 41.8 Å². The Hall–Kier alpha value is -1.95. The molecule has 0 bridgehead atoms. The zero-order valence-electron chi connectivity index (χ0n) is 12.0. The molecule has 0 saturated heterocycles. The molecule has 2 rings (SSSR count). The average molecular weight is 307 g/mol. The summed E-state index contributed by atoms with van der Waals surface area (Å²) >= 11 is 1.57. The number of pyridine rings is 1. The fraction of sp³-hybridized carbons (Fsp3) is 0.333. The summed E-state index contributed by atoms with van der Waals surface area (Å²) in [6.45, 7) is 4.58. The lowest BCUT2D eigenvalue weighted by Crippen LogP contribution is -2.27. The van der Waals surface area contributed by atoms with Crippen molar-refractivity contribution in [1.29, 1.82) is 0 Å². The predicted molar refractivity (Wildman–Crippen MR) is 83.2 cm³/mol. The van der Waals surface area contributed by atoms with Gasteiger partial charge in [0.25, 0.3) is 5.91 Å². The van der Waals surface area contributed by atoms with Gasteiger partial charge in [-0.15, -0.1) is 0 Å². The van der Waals surface area contributed by atoms with Crippen LogP contribution in [0.4, 0.5) is 10.2 Å². The minimum Gasteiger partial charge on any atom is -0.369 e. The molecule has 2 N–H and O–H groups in total. The summed E-state index contributed by atoms with van der Waals surface area (Å²) in [6, 6.07) is 3.03. The molecule has 2 aromatic heterocycles. The SMILES string of the molecule is CCCNc1ncc(F)cc1C(=O)NC(C)c1ccsc1. The van der Waals surface area contributed by atoms with E-state index in [1.54, 1.807) is 11.3 Å². The van der Waals surface area contributed by atoms with E-state index in [2.05, 4.69) is 15.6 Å². The lowest BCUT2D eigenvalue weighted by atomic mass is 10.1. The summed E-state index contributed by atoms with van der Waals surface area (Å²) in [5, 5.41) is 9.84. The number of nitrogens with zero attached hydrogens (tertiary/aromatic N) is 1. The maximum absolute atomic E-state index is 13.4. The van der Waals surface area contributed by atoms with Gasteiger partial charge < -0.3 is 10.6 Å². The lowest BCUT2D eigenvalue weighted by molar-refractivity contribution is 0.0940. The van der Waals surface area contributed by atoms with Crippen molar-refractivity contribution in [2.75, 3.05) is 11.9 Å². The van der Waals surface area contributed by atoms with Gasteiger partial charge in [0.2, 0.25) is 0 Å². The first-order valence-corrected chi connectivity index (χ1v) is 7.78. The number of amides is 1. The molecule has 2 aromatic rings.